The fraction of sp³-hybridized carbons (Fsp3) is 0.364. The van der Waals surface area contributed by atoms with Crippen LogP contribution in [0.5, 0.6) is 5.75 Å². The number of carbonyl (C=O) groups is 1. The van der Waals surface area contributed by atoms with Crippen molar-refractivity contribution in [1.82, 2.24) is 0 Å². The van der Waals surface area contributed by atoms with Gasteiger partial charge in [0.15, 0.2) is 11.6 Å². The van der Waals surface area contributed by atoms with Crippen LogP contribution in [0.4, 0.5) is 15.8 Å². The predicted molar refractivity (Wildman–Crippen MR) is 64.9 cm³/mol. The van der Waals surface area contributed by atoms with Gasteiger partial charge in [0.1, 0.15) is 11.2 Å². The standard InChI is InChI=1S/C11H13FN2O5/c1-11(2,10(15)16)13-7-5-9(19-3)6(12)4-8(7)14(17)18/h4-5,13H,1-3H3,(H,15,16). The average molecular weight is 272 g/mol. The summed E-state index contributed by atoms with van der Waals surface area (Å²) in [5, 5.41) is 22.3. The summed E-state index contributed by atoms with van der Waals surface area (Å²) in [6.45, 7) is 2.66. The highest BCUT2D eigenvalue weighted by Crippen LogP contribution is 2.33. The van der Waals surface area contributed by atoms with Gasteiger partial charge in [0.25, 0.3) is 5.69 Å². The molecule has 7 nitrogen and oxygen atoms in total. The number of aliphatic carboxylic acids is 1. The molecule has 0 heterocycles. The highest BCUT2D eigenvalue weighted by atomic mass is 19.1. The highest BCUT2D eigenvalue weighted by Gasteiger charge is 2.30. The largest absolute Gasteiger partial charge is 0.494 e. The Morgan fingerprint density at radius 1 is 1.53 bits per heavy atom. The zero-order valence-corrected chi connectivity index (χ0v) is 10.6. The lowest BCUT2D eigenvalue weighted by atomic mass is 10.1. The fourth-order valence-corrected chi connectivity index (χ4v) is 1.34. The minimum Gasteiger partial charge on any atom is -0.494 e. The van der Waals surface area contributed by atoms with Crippen molar-refractivity contribution in [1.29, 1.82) is 0 Å². The lowest BCUT2D eigenvalue weighted by molar-refractivity contribution is -0.384. The second kappa shape index (κ2) is 5.09. The Hall–Kier alpha value is -2.38. The topological polar surface area (TPSA) is 102 Å². The van der Waals surface area contributed by atoms with Crippen molar-refractivity contribution in [2.24, 2.45) is 0 Å². The van der Waals surface area contributed by atoms with Crippen LogP contribution >= 0.6 is 0 Å². The monoisotopic (exact) mass is 272 g/mol. The number of hydrogen-bond acceptors (Lipinski definition) is 5. The second-order valence-corrected chi connectivity index (χ2v) is 4.32. The molecule has 1 rings (SSSR count). The zero-order valence-electron chi connectivity index (χ0n) is 10.6. The van der Waals surface area contributed by atoms with Gasteiger partial charge in [0.2, 0.25) is 0 Å². The summed E-state index contributed by atoms with van der Waals surface area (Å²) in [7, 11) is 1.20. The molecule has 104 valence electrons. The molecule has 0 saturated heterocycles. The number of rotatable bonds is 5. The van der Waals surface area contributed by atoms with E-state index in [9.17, 15) is 19.3 Å². The predicted octanol–water partition coefficient (Wildman–Crippen LogP) is 2.02. The van der Waals surface area contributed by atoms with Gasteiger partial charge in [-0.25, -0.2) is 9.18 Å². The SMILES string of the molecule is COc1cc(NC(C)(C)C(=O)O)c([N+](=O)[O-])cc1F. The number of benzene rings is 1. The van der Waals surface area contributed by atoms with Gasteiger partial charge in [-0.2, -0.15) is 0 Å². The number of halogens is 1. The van der Waals surface area contributed by atoms with Crippen LogP contribution in [0.15, 0.2) is 12.1 Å². The minimum absolute atomic E-state index is 0.129. The van der Waals surface area contributed by atoms with Crippen LogP contribution in [0.3, 0.4) is 0 Å². The molecule has 19 heavy (non-hydrogen) atoms. The number of carboxylic acids is 1. The molecule has 0 radical (unpaired) electrons. The summed E-state index contributed by atoms with van der Waals surface area (Å²) in [5.74, 6) is -2.31. The zero-order chi connectivity index (χ0) is 14.8. The molecule has 1 aromatic carbocycles. The summed E-state index contributed by atoms with van der Waals surface area (Å²) >= 11 is 0. The van der Waals surface area contributed by atoms with Crippen molar-refractivity contribution in [2.45, 2.75) is 19.4 Å². The van der Waals surface area contributed by atoms with E-state index < -0.39 is 27.9 Å². The molecule has 2 N–H and O–H groups in total. The van der Waals surface area contributed by atoms with E-state index in [0.29, 0.717) is 6.07 Å². The van der Waals surface area contributed by atoms with Crippen molar-refractivity contribution >= 4 is 17.3 Å². The van der Waals surface area contributed by atoms with Crippen molar-refractivity contribution < 1.29 is 24.0 Å². The van der Waals surface area contributed by atoms with Gasteiger partial charge in [-0.3, -0.25) is 10.1 Å². The molecular formula is C11H13FN2O5. The molecule has 0 saturated carbocycles. The lowest BCUT2D eigenvalue weighted by Crippen LogP contribution is -2.40. The first-order chi connectivity index (χ1) is 8.69. The van der Waals surface area contributed by atoms with Crippen molar-refractivity contribution in [3.05, 3.63) is 28.1 Å². The van der Waals surface area contributed by atoms with Crippen LogP contribution < -0.4 is 10.1 Å². The molecular weight excluding hydrogens is 259 g/mol. The Morgan fingerprint density at radius 2 is 2.11 bits per heavy atom. The Balaban J connectivity index is 3.32. The summed E-state index contributed by atoms with van der Waals surface area (Å²) in [4.78, 5) is 21.0. The quantitative estimate of drug-likeness (QED) is 0.628. The van der Waals surface area contributed by atoms with Crippen LogP contribution in [0, 0.1) is 15.9 Å². The van der Waals surface area contributed by atoms with Gasteiger partial charge in [0, 0.05) is 6.07 Å². The number of nitrogens with zero attached hydrogens (tertiary/aromatic N) is 1. The molecule has 0 unspecified atom stereocenters. The van der Waals surface area contributed by atoms with Crippen LogP contribution in [0.1, 0.15) is 13.8 Å². The van der Waals surface area contributed by atoms with E-state index in [2.05, 4.69) is 5.32 Å². The summed E-state index contributed by atoms with van der Waals surface area (Å²) in [6, 6.07) is 1.73. The normalized spacial score (nSPS) is 10.9. The van der Waals surface area contributed by atoms with Gasteiger partial charge in [-0.1, -0.05) is 0 Å². The molecule has 0 aromatic heterocycles. The molecule has 0 aliphatic rings. The molecule has 0 spiro atoms. The van der Waals surface area contributed by atoms with Crippen LogP contribution in [0.25, 0.3) is 0 Å². The number of ether oxygens (including phenoxy) is 1. The third-order valence-electron chi connectivity index (χ3n) is 2.45. The molecule has 0 atom stereocenters. The first-order valence-corrected chi connectivity index (χ1v) is 5.22. The molecule has 0 fully saturated rings. The molecule has 0 aliphatic heterocycles. The van der Waals surface area contributed by atoms with E-state index in [1.54, 1.807) is 0 Å². The van der Waals surface area contributed by atoms with Gasteiger partial charge in [-0.15, -0.1) is 0 Å². The van der Waals surface area contributed by atoms with E-state index >= 15 is 0 Å². The smallest absolute Gasteiger partial charge is 0.328 e. The second-order valence-electron chi connectivity index (χ2n) is 4.32. The number of nitrogens with one attached hydrogen (secondary N) is 1. The van der Waals surface area contributed by atoms with Crippen molar-refractivity contribution in [3.8, 4) is 5.75 Å². The molecule has 0 bridgehead atoms. The van der Waals surface area contributed by atoms with Gasteiger partial charge < -0.3 is 15.2 Å². The van der Waals surface area contributed by atoms with E-state index in [0.717, 1.165) is 6.07 Å². The van der Waals surface area contributed by atoms with E-state index in [1.807, 2.05) is 0 Å². The lowest BCUT2D eigenvalue weighted by Gasteiger charge is -2.22. The van der Waals surface area contributed by atoms with E-state index in [-0.39, 0.29) is 11.4 Å². The van der Waals surface area contributed by atoms with Crippen LogP contribution in [-0.2, 0) is 4.79 Å². The van der Waals surface area contributed by atoms with Gasteiger partial charge in [0.05, 0.1) is 18.1 Å². The number of carboxylic acid groups (broad SMARTS) is 1. The minimum atomic E-state index is -1.45. The number of anilines is 1. The first-order valence-electron chi connectivity index (χ1n) is 5.22. The number of nitro groups is 1. The first kappa shape index (κ1) is 14.7. The Bertz CT molecular complexity index is 530. The van der Waals surface area contributed by atoms with E-state index in [1.165, 1.54) is 21.0 Å². The van der Waals surface area contributed by atoms with Gasteiger partial charge in [-0.05, 0) is 13.8 Å². The maximum atomic E-state index is 13.4. The number of nitro benzene ring substituents is 1. The summed E-state index contributed by atoms with van der Waals surface area (Å²) in [6.07, 6.45) is 0. The summed E-state index contributed by atoms with van der Waals surface area (Å²) in [5.41, 5.74) is -2.14. The molecule has 0 amide bonds. The molecule has 8 heteroatoms. The Morgan fingerprint density at radius 3 is 2.53 bits per heavy atom. The van der Waals surface area contributed by atoms with Crippen molar-refractivity contribution in [2.75, 3.05) is 12.4 Å². The van der Waals surface area contributed by atoms with E-state index in [4.69, 9.17) is 9.84 Å². The Kier molecular flexibility index (Phi) is 3.93. The summed E-state index contributed by atoms with van der Waals surface area (Å²) < 4.78 is 18.1. The van der Waals surface area contributed by atoms with Crippen LogP contribution in [-0.4, -0.2) is 28.6 Å². The number of hydrogen-bond donors (Lipinski definition) is 2. The Labute approximate surface area is 108 Å². The molecule has 1 aromatic rings. The number of methoxy groups -OCH3 is 1. The van der Waals surface area contributed by atoms with Crippen LogP contribution in [0.2, 0.25) is 0 Å². The fourth-order valence-electron chi connectivity index (χ4n) is 1.34. The maximum absolute atomic E-state index is 13.4. The third kappa shape index (κ3) is 3.09. The highest BCUT2D eigenvalue weighted by molar-refractivity contribution is 5.83. The van der Waals surface area contributed by atoms with Gasteiger partial charge >= 0.3 is 5.97 Å². The van der Waals surface area contributed by atoms with Crippen molar-refractivity contribution in [3.63, 3.8) is 0 Å². The molecule has 0 aliphatic carbocycles. The average Bonchev–Trinajstić information content (AvgIpc) is 2.30. The third-order valence-corrected chi connectivity index (χ3v) is 2.45. The maximum Gasteiger partial charge on any atom is 0.328 e.